The molecule has 0 aromatic heterocycles. The fourth-order valence-corrected chi connectivity index (χ4v) is 8.51. The van der Waals surface area contributed by atoms with Crippen molar-refractivity contribution in [3.05, 3.63) is 233 Å². The lowest BCUT2D eigenvalue weighted by atomic mass is 9.67. The maximum atomic E-state index is 5.70. The second-order valence-corrected chi connectivity index (χ2v) is 14.3. The average Bonchev–Trinajstić information content (AvgIpc) is 3.71. The minimum atomic E-state index is -0.354. The van der Waals surface area contributed by atoms with E-state index in [0.29, 0.717) is 5.70 Å². The number of anilines is 1. The zero-order valence-electron chi connectivity index (χ0n) is 35.2. The fourth-order valence-electron chi connectivity index (χ4n) is 8.51. The first-order valence-electron chi connectivity index (χ1n) is 20.5. The van der Waals surface area contributed by atoms with Crippen LogP contribution < -0.4 is 11.1 Å². The normalized spacial score (nSPS) is 12.9. The summed E-state index contributed by atoms with van der Waals surface area (Å²) < 4.78 is 0. The van der Waals surface area contributed by atoms with Crippen LogP contribution in [0, 0.1) is 13.8 Å². The zero-order chi connectivity index (χ0) is 41.4. The van der Waals surface area contributed by atoms with Gasteiger partial charge in [-0.3, -0.25) is 0 Å². The molecule has 2 aliphatic rings. The minimum absolute atomic E-state index is 0.354. The molecule has 1 spiro atoms. The Bertz CT molecular complexity index is 2590. The Balaban J connectivity index is 0.000000267. The Morgan fingerprint density at radius 2 is 1.05 bits per heavy atom. The van der Waals surface area contributed by atoms with Crippen molar-refractivity contribution in [2.75, 3.05) is 5.32 Å². The van der Waals surface area contributed by atoms with Gasteiger partial charge in [0.2, 0.25) is 0 Å². The molecule has 0 radical (unpaired) electrons. The van der Waals surface area contributed by atoms with E-state index in [-0.39, 0.29) is 5.41 Å². The molecule has 0 saturated heterocycles. The zero-order valence-corrected chi connectivity index (χ0v) is 35.2. The Labute approximate surface area is 346 Å². The van der Waals surface area contributed by atoms with Gasteiger partial charge in [-0.1, -0.05) is 180 Å². The number of fused-ring (bicyclic) bond motifs is 8. The first-order chi connectivity index (χ1) is 28.3. The molecule has 58 heavy (non-hydrogen) atoms. The smallest absolute Gasteiger partial charge is 0.0728 e. The van der Waals surface area contributed by atoms with Gasteiger partial charge in [-0.25, -0.2) is 0 Å². The van der Waals surface area contributed by atoms with E-state index in [2.05, 4.69) is 167 Å². The lowest BCUT2D eigenvalue weighted by molar-refractivity contribution is 0.842. The summed E-state index contributed by atoms with van der Waals surface area (Å²) in [6.45, 7) is 22.0. The number of nitrogens with two attached hydrogens (primary N) is 1. The molecule has 0 amide bonds. The van der Waals surface area contributed by atoms with E-state index in [0.717, 1.165) is 11.4 Å². The number of hydrogen-bond acceptors (Lipinski definition) is 2. The molecule has 0 unspecified atom stereocenters. The second kappa shape index (κ2) is 18.1. The summed E-state index contributed by atoms with van der Waals surface area (Å²) in [5.41, 5.74) is 25.2. The van der Waals surface area contributed by atoms with E-state index in [1.807, 2.05) is 58.0 Å². The highest BCUT2D eigenvalue weighted by molar-refractivity contribution is 6.11. The number of rotatable bonds is 6. The van der Waals surface area contributed by atoms with Crippen molar-refractivity contribution in [2.24, 2.45) is 5.73 Å². The van der Waals surface area contributed by atoms with Crippen LogP contribution in [0.15, 0.2) is 194 Å². The van der Waals surface area contributed by atoms with Crippen molar-refractivity contribution in [1.29, 1.82) is 0 Å². The van der Waals surface area contributed by atoms with Gasteiger partial charge in [0, 0.05) is 5.69 Å². The summed E-state index contributed by atoms with van der Waals surface area (Å²) >= 11 is 0. The molecule has 0 aliphatic heterocycles. The van der Waals surface area contributed by atoms with E-state index >= 15 is 0 Å². The van der Waals surface area contributed by atoms with Crippen molar-refractivity contribution in [3.63, 3.8) is 0 Å². The van der Waals surface area contributed by atoms with E-state index in [1.165, 1.54) is 83.1 Å². The molecule has 0 saturated carbocycles. The Morgan fingerprint density at radius 3 is 1.62 bits per heavy atom. The molecule has 2 heteroatoms. The summed E-state index contributed by atoms with van der Waals surface area (Å²) in [5, 5.41) is 5.73. The highest BCUT2D eigenvalue weighted by Gasteiger charge is 2.52. The number of allylic oxidation sites excluding steroid dienone is 4. The molecule has 9 rings (SSSR count). The number of hydrogen-bond donors (Lipinski definition) is 2. The predicted octanol–water partition coefficient (Wildman–Crippen LogP) is 15.1. The van der Waals surface area contributed by atoms with Gasteiger partial charge in [0.25, 0.3) is 0 Å². The van der Waals surface area contributed by atoms with E-state index in [9.17, 15) is 0 Å². The molecule has 0 heterocycles. The minimum Gasteiger partial charge on any atom is -0.397 e. The van der Waals surface area contributed by atoms with Gasteiger partial charge in [0.05, 0.1) is 16.8 Å². The topological polar surface area (TPSA) is 38.0 Å². The maximum absolute atomic E-state index is 5.70. The lowest BCUT2D eigenvalue weighted by Crippen LogP contribution is -2.27. The summed E-state index contributed by atoms with van der Waals surface area (Å²) in [7, 11) is 0. The number of benzene rings is 7. The van der Waals surface area contributed by atoms with Gasteiger partial charge in [0.1, 0.15) is 0 Å². The average molecular weight is 757 g/mol. The number of para-hydroxylation sites is 1. The van der Waals surface area contributed by atoms with Crippen LogP contribution in [0.1, 0.15) is 73.6 Å². The van der Waals surface area contributed by atoms with Crippen LogP contribution >= 0.6 is 0 Å². The van der Waals surface area contributed by atoms with E-state index in [1.54, 1.807) is 12.2 Å². The van der Waals surface area contributed by atoms with Crippen molar-refractivity contribution >= 4 is 27.6 Å². The van der Waals surface area contributed by atoms with Gasteiger partial charge >= 0.3 is 0 Å². The first kappa shape index (κ1) is 41.0. The SMILES string of the molecule is C=C/C(N)=C(\C=C)Nc1ccccc1.CC.CC.CC1=C(c2ccc(-c3ccc(C)cc3)cc2C)C2(c3cc4ccccc4cc31)c1ccccc1-c1ccccc12. The lowest BCUT2D eigenvalue weighted by Gasteiger charge is -2.34. The van der Waals surface area contributed by atoms with Crippen LogP contribution in [0.5, 0.6) is 0 Å². The highest BCUT2D eigenvalue weighted by Crippen LogP contribution is 2.65. The summed E-state index contributed by atoms with van der Waals surface area (Å²) in [4.78, 5) is 0. The quantitative estimate of drug-likeness (QED) is 0.166. The molecule has 290 valence electrons. The van der Waals surface area contributed by atoms with Gasteiger partial charge in [-0.2, -0.15) is 0 Å². The van der Waals surface area contributed by atoms with Crippen LogP contribution in [-0.4, -0.2) is 0 Å². The third-order valence-electron chi connectivity index (χ3n) is 11.1. The van der Waals surface area contributed by atoms with Gasteiger partial charge < -0.3 is 11.1 Å². The Morgan fingerprint density at radius 1 is 0.517 bits per heavy atom. The second-order valence-electron chi connectivity index (χ2n) is 14.3. The molecular weight excluding hydrogens is 701 g/mol. The van der Waals surface area contributed by atoms with Crippen LogP contribution in [-0.2, 0) is 5.41 Å². The molecule has 2 nitrogen and oxygen atoms in total. The monoisotopic (exact) mass is 756 g/mol. The number of nitrogens with one attached hydrogen (secondary N) is 1. The molecule has 7 aromatic rings. The Hall–Kier alpha value is -6.64. The van der Waals surface area contributed by atoms with Crippen molar-refractivity contribution in [1.82, 2.24) is 0 Å². The summed E-state index contributed by atoms with van der Waals surface area (Å²) in [6.07, 6.45) is 3.26. The van der Waals surface area contributed by atoms with Gasteiger partial charge in [-0.15, -0.1) is 0 Å². The molecule has 0 atom stereocenters. The largest absolute Gasteiger partial charge is 0.397 e. The maximum Gasteiger partial charge on any atom is 0.0728 e. The van der Waals surface area contributed by atoms with Crippen LogP contribution in [0.4, 0.5) is 5.69 Å². The third kappa shape index (κ3) is 7.35. The molecule has 7 aromatic carbocycles. The summed E-state index contributed by atoms with van der Waals surface area (Å²) in [6, 6.07) is 57.5. The van der Waals surface area contributed by atoms with Gasteiger partial charge in [0.15, 0.2) is 0 Å². The number of aryl methyl sites for hydroxylation is 2. The highest BCUT2D eigenvalue weighted by atomic mass is 14.9. The van der Waals surface area contributed by atoms with Crippen molar-refractivity contribution < 1.29 is 0 Å². The van der Waals surface area contributed by atoms with Crippen LogP contribution in [0.3, 0.4) is 0 Å². The van der Waals surface area contributed by atoms with Gasteiger partial charge in [-0.05, 0) is 135 Å². The predicted molar refractivity (Wildman–Crippen MR) is 254 cm³/mol. The van der Waals surface area contributed by atoms with Crippen LogP contribution in [0.25, 0.3) is 44.2 Å². The fraction of sp³-hybridized carbons (Fsp3) is 0.143. The molecular formula is C56H56N2. The van der Waals surface area contributed by atoms with E-state index < -0.39 is 0 Å². The first-order valence-corrected chi connectivity index (χ1v) is 20.5. The summed E-state index contributed by atoms with van der Waals surface area (Å²) in [5.74, 6) is 0. The van der Waals surface area contributed by atoms with Crippen LogP contribution in [0.2, 0.25) is 0 Å². The third-order valence-corrected chi connectivity index (χ3v) is 11.1. The van der Waals surface area contributed by atoms with E-state index in [4.69, 9.17) is 5.73 Å². The van der Waals surface area contributed by atoms with Crippen molar-refractivity contribution in [2.45, 2.75) is 53.9 Å². The standard InChI is InChI=1S/C40H30.C12H14N2.2C2H6/c1-25-16-18-28(19-17-25)31-20-21-32(26(2)22-31)39-27(3)35-23-29-10-4-5-11-30(29)24-38(35)40(39)36-14-8-6-12-33(36)34-13-7-9-15-37(34)40;1-3-11(13)12(4-2)14-10-8-6-5-7-9-10;2*1-2/h4-24H,1-3H3;3-9,14H,1-2,13H2;2*1-2H3/b;12-11-;;. The Kier molecular flexibility index (Phi) is 12.8. The molecule has 0 fully saturated rings. The van der Waals surface area contributed by atoms with Crippen molar-refractivity contribution in [3.8, 4) is 22.3 Å². The molecule has 2 aliphatic carbocycles. The molecule has 0 bridgehead atoms. The molecule has 3 N–H and O–H groups in total.